The normalized spacial score (nSPS) is 12.1. The molecule has 1 atom stereocenters. The molecule has 0 aromatic heterocycles. The number of carbonyl (C=O) groups is 1. The van der Waals surface area contributed by atoms with E-state index in [0.717, 1.165) is 38.8 Å². The van der Waals surface area contributed by atoms with Gasteiger partial charge in [-0.25, -0.2) is 0 Å². The fraction of sp³-hybridized carbons (Fsp3) is 0.978. The van der Waals surface area contributed by atoms with Crippen LogP contribution in [0.5, 0.6) is 0 Å². The summed E-state index contributed by atoms with van der Waals surface area (Å²) in [6, 6.07) is -0.397. The monoisotopic (exact) mass is 684 g/mol. The standard InChI is InChI=1S/C45H91NO2.Li/c1-4-7-9-11-13-15-17-19-21-23-25-27-29-31-33-35-37-39-42-46(44(41-6-3)45(47)48)43-40-38-36-34-32-30-28-26-24-22-20-18-16-14-12-10-8-5-2;/h44H,4-43H2,1-3H3,(H,47,48);/q;+1/p-1. The predicted octanol–water partition coefficient (Wildman–Crippen LogP) is 11.3. The van der Waals surface area contributed by atoms with Crippen LogP contribution in [0.3, 0.4) is 0 Å². The van der Waals surface area contributed by atoms with Gasteiger partial charge in [0.2, 0.25) is 0 Å². The van der Waals surface area contributed by atoms with Gasteiger partial charge in [-0.2, -0.15) is 0 Å². The first-order chi connectivity index (χ1) is 23.7. The van der Waals surface area contributed by atoms with E-state index in [4.69, 9.17) is 0 Å². The minimum Gasteiger partial charge on any atom is -0.548 e. The van der Waals surface area contributed by atoms with Crippen LogP contribution in [0.1, 0.15) is 265 Å². The van der Waals surface area contributed by atoms with Crippen molar-refractivity contribution in [1.29, 1.82) is 0 Å². The molecule has 0 aliphatic rings. The smallest absolute Gasteiger partial charge is 0.548 e. The Morgan fingerprint density at radius 3 is 0.755 bits per heavy atom. The van der Waals surface area contributed by atoms with Crippen molar-refractivity contribution < 1.29 is 28.8 Å². The summed E-state index contributed by atoms with van der Waals surface area (Å²) in [6.07, 6.45) is 51.5. The molecule has 0 aromatic carbocycles. The predicted molar refractivity (Wildman–Crippen MR) is 213 cm³/mol. The van der Waals surface area contributed by atoms with Gasteiger partial charge in [0.1, 0.15) is 0 Å². The van der Waals surface area contributed by atoms with Crippen LogP contribution >= 0.6 is 0 Å². The van der Waals surface area contributed by atoms with E-state index in [9.17, 15) is 9.90 Å². The molecular formula is C45H90LiNO2. The number of rotatable bonds is 42. The van der Waals surface area contributed by atoms with E-state index in [1.807, 2.05) is 0 Å². The van der Waals surface area contributed by atoms with Crippen LogP contribution in [0.25, 0.3) is 0 Å². The number of aliphatic carboxylic acids is 1. The van der Waals surface area contributed by atoms with Crippen molar-refractivity contribution in [3.63, 3.8) is 0 Å². The Balaban J connectivity index is 0. The van der Waals surface area contributed by atoms with Crippen LogP contribution in [0, 0.1) is 0 Å². The first kappa shape index (κ1) is 51.1. The van der Waals surface area contributed by atoms with Crippen LogP contribution < -0.4 is 24.0 Å². The number of unbranched alkanes of at least 4 members (excludes halogenated alkanes) is 34. The number of carboxylic acids is 1. The van der Waals surface area contributed by atoms with Crippen LogP contribution in [0.4, 0.5) is 0 Å². The minimum atomic E-state index is -0.860. The fourth-order valence-electron chi connectivity index (χ4n) is 7.58. The zero-order chi connectivity index (χ0) is 35.0. The Morgan fingerprint density at radius 2 is 0.571 bits per heavy atom. The Morgan fingerprint density at radius 1 is 0.367 bits per heavy atom. The zero-order valence-electron chi connectivity index (χ0n) is 34.6. The molecule has 1 unspecified atom stereocenters. The van der Waals surface area contributed by atoms with Gasteiger partial charge in [0.15, 0.2) is 0 Å². The quantitative estimate of drug-likeness (QED) is 0.0475. The van der Waals surface area contributed by atoms with Gasteiger partial charge >= 0.3 is 18.9 Å². The van der Waals surface area contributed by atoms with E-state index >= 15 is 0 Å². The molecule has 0 aromatic rings. The molecule has 0 bridgehead atoms. The summed E-state index contributed by atoms with van der Waals surface area (Å²) >= 11 is 0. The van der Waals surface area contributed by atoms with Gasteiger partial charge in [-0.15, -0.1) is 0 Å². The van der Waals surface area contributed by atoms with E-state index in [1.165, 1.54) is 218 Å². The van der Waals surface area contributed by atoms with Gasteiger partial charge in [0.05, 0.1) is 5.97 Å². The van der Waals surface area contributed by atoms with Gasteiger partial charge in [-0.05, 0) is 32.4 Å². The maximum absolute atomic E-state index is 12.0. The number of carbonyl (C=O) groups excluding carboxylic acids is 1. The van der Waals surface area contributed by atoms with Gasteiger partial charge < -0.3 is 9.90 Å². The first-order valence-corrected chi connectivity index (χ1v) is 22.6. The van der Waals surface area contributed by atoms with Crippen LogP contribution in [-0.2, 0) is 4.79 Å². The van der Waals surface area contributed by atoms with E-state index in [0.29, 0.717) is 0 Å². The molecule has 3 nitrogen and oxygen atoms in total. The second-order valence-corrected chi connectivity index (χ2v) is 15.7. The topological polar surface area (TPSA) is 43.4 Å². The number of hydrogen-bond donors (Lipinski definition) is 0. The molecule has 0 aliphatic heterocycles. The molecule has 0 N–H and O–H groups in total. The first-order valence-electron chi connectivity index (χ1n) is 22.6. The molecule has 0 radical (unpaired) electrons. The molecule has 0 rings (SSSR count). The molecule has 0 heterocycles. The molecule has 0 amide bonds. The van der Waals surface area contributed by atoms with Crippen molar-refractivity contribution in [3.8, 4) is 0 Å². The molecular weight excluding hydrogens is 593 g/mol. The molecule has 0 saturated heterocycles. The number of nitrogens with zero attached hydrogens (tertiary/aromatic N) is 1. The number of carboxylic acid groups (broad SMARTS) is 1. The van der Waals surface area contributed by atoms with Crippen molar-refractivity contribution in [3.05, 3.63) is 0 Å². The average Bonchev–Trinajstić information content (AvgIpc) is 3.08. The summed E-state index contributed by atoms with van der Waals surface area (Å²) in [4.78, 5) is 14.2. The molecule has 288 valence electrons. The van der Waals surface area contributed by atoms with Gasteiger partial charge in [-0.3, -0.25) is 4.90 Å². The van der Waals surface area contributed by atoms with Crippen LogP contribution in [-0.4, -0.2) is 30.0 Å². The van der Waals surface area contributed by atoms with Crippen molar-refractivity contribution >= 4 is 5.97 Å². The molecule has 4 heteroatoms. The van der Waals surface area contributed by atoms with Crippen molar-refractivity contribution in [1.82, 2.24) is 4.90 Å². The van der Waals surface area contributed by atoms with E-state index in [2.05, 4.69) is 25.7 Å². The van der Waals surface area contributed by atoms with E-state index in [-0.39, 0.29) is 18.9 Å². The second-order valence-electron chi connectivity index (χ2n) is 15.7. The van der Waals surface area contributed by atoms with Gasteiger partial charge in [-0.1, -0.05) is 245 Å². The van der Waals surface area contributed by atoms with Crippen molar-refractivity contribution in [2.75, 3.05) is 13.1 Å². The van der Waals surface area contributed by atoms with Gasteiger partial charge in [0.25, 0.3) is 0 Å². The average molecular weight is 684 g/mol. The number of hydrogen-bond acceptors (Lipinski definition) is 3. The molecule has 0 spiro atoms. The molecule has 0 aliphatic carbocycles. The van der Waals surface area contributed by atoms with Crippen LogP contribution in [0.2, 0.25) is 0 Å². The molecule has 49 heavy (non-hydrogen) atoms. The maximum atomic E-state index is 12.0. The summed E-state index contributed by atoms with van der Waals surface area (Å²) in [5, 5.41) is 12.0. The summed E-state index contributed by atoms with van der Waals surface area (Å²) in [5.74, 6) is -0.860. The van der Waals surface area contributed by atoms with Gasteiger partial charge in [0, 0.05) is 6.04 Å². The van der Waals surface area contributed by atoms with E-state index < -0.39 is 12.0 Å². The van der Waals surface area contributed by atoms with Crippen molar-refractivity contribution in [2.45, 2.75) is 271 Å². The van der Waals surface area contributed by atoms with Crippen LogP contribution in [0.15, 0.2) is 0 Å². The third-order valence-electron chi connectivity index (χ3n) is 10.9. The minimum absolute atomic E-state index is 0. The zero-order valence-corrected chi connectivity index (χ0v) is 34.6. The maximum Gasteiger partial charge on any atom is 1.00 e. The SMILES string of the molecule is CCCCCCCCCCCCCCCCCCCCN(CCCCCCCCCCCCCCCCCCCC)C(CCC)C(=O)[O-].[Li+]. The Bertz CT molecular complexity index is 575. The summed E-state index contributed by atoms with van der Waals surface area (Å²) in [6.45, 7) is 8.54. The third-order valence-corrected chi connectivity index (χ3v) is 10.9. The van der Waals surface area contributed by atoms with Crippen molar-refractivity contribution in [2.24, 2.45) is 0 Å². The summed E-state index contributed by atoms with van der Waals surface area (Å²) in [7, 11) is 0. The molecule has 0 fully saturated rings. The molecule has 0 saturated carbocycles. The summed E-state index contributed by atoms with van der Waals surface area (Å²) < 4.78 is 0. The Labute approximate surface area is 322 Å². The largest absolute Gasteiger partial charge is 1.00 e. The fourth-order valence-corrected chi connectivity index (χ4v) is 7.58. The Hall–Kier alpha value is 0.0274. The third kappa shape index (κ3) is 39.1. The second kappa shape index (κ2) is 44.2. The van der Waals surface area contributed by atoms with E-state index in [1.54, 1.807) is 0 Å². The Kier molecular flexibility index (Phi) is 46.1. The summed E-state index contributed by atoms with van der Waals surface area (Å²) in [5.41, 5.74) is 0.